The number of carbonyl (C=O) groups excluding carboxylic acids is 1. The van der Waals surface area contributed by atoms with Crippen molar-refractivity contribution in [2.24, 2.45) is 13.0 Å². The molecule has 3 aromatic rings. The van der Waals surface area contributed by atoms with Crippen LogP contribution in [0, 0.1) is 12.8 Å². The number of carbonyl (C=O) groups is 1. The van der Waals surface area contributed by atoms with Crippen LogP contribution in [-0.2, 0) is 18.0 Å². The SMILES string of the molecule is Cc1nc2ccc(Nc3ncc(C(F)(F)F)c(OC4C5=C(C=CC4C)CCC5=O)n3)cc2n1C. The molecule has 7 nitrogen and oxygen atoms in total. The Kier molecular flexibility index (Phi) is 5.18. The Bertz CT molecular complexity index is 1370. The molecular formula is C24H22F3N5O2. The number of Topliss-reactive ketones (excluding diaryl/α,β-unsaturated/α-hetero) is 1. The number of benzene rings is 1. The van der Waals surface area contributed by atoms with Gasteiger partial charge in [-0.2, -0.15) is 18.2 Å². The van der Waals surface area contributed by atoms with Crippen molar-refractivity contribution in [2.75, 3.05) is 5.32 Å². The Morgan fingerprint density at radius 1 is 1.21 bits per heavy atom. The highest BCUT2D eigenvalue weighted by Gasteiger charge is 2.40. The number of nitrogens with zero attached hydrogens (tertiary/aromatic N) is 4. The van der Waals surface area contributed by atoms with Crippen molar-refractivity contribution < 1.29 is 22.7 Å². The zero-order valence-electron chi connectivity index (χ0n) is 18.8. The van der Waals surface area contributed by atoms with Crippen LogP contribution in [0.25, 0.3) is 11.0 Å². The van der Waals surface area contributed by atoms with Crippen LogP contribution < -0.4 is 10.1 Å². The van der Waals surface area contributed by atoms with Gasteiger partial charge in [-0.3, -0.25) is 4.79 Å². The van der Waals surface area contributed by atoms with Crippen molar-refractivity contribution in [3.8, 4) is 5.88 Å². The van der Waals surface area contributed by atoms with Crippen LogP contribution in [-0.4, -0.2) is 31.4 Å². The second-order valence-electron chi connectivity index (χ2n) is 8.58. The van der Waals surface area contributed by atoms with Gasteiger partial charge in [0.05, 0.1) is 11.0 Å². The fraction of sp³-hybridized carbons (Fsp3) is 0.333. The van der Waals surface area contributed by atoms with Crippen molar-refractivity contribution >= 4 is 28.5 Å². The highest BCUT2D eigenvalue weighted by atomic mass is 19.4. The smallest absolute Gasteiger partial charge is 0.423 e. The second-order valence-corrected chi connectivity index (χ2v) is 8.58. The van der Waals surface area contributed by atoms with Gasteiger partial charge in [-0.15, -0.1) is 0 Å². The van der Waals surface area contributed by atoms with Gasteiger partial charge in [-0.1, -0.05) is 19.1 Å². The number of ketones is 1. The molecule has 2 heterocycles. The lowest BCUT2D eigenvalue weighted by molar-refractivity contribution is -0.139. The number of allylic oxidation sites excluding steroid dienone is 2. The normalized spacial score (nSPS) is 20.2. The average Bonchev–Trinajstić information content (AvgIpc) is 3.29. The fourth-order valence-electron chi connectivity index (χ4n) is 4.36. The summed E-state index contributed by atoms with van der Waals surface area (Å²) in [7, 11) is 1.88. The van der Waals surface area contributed by atoms with Gasteiger partial charge in [0.2, 0.25) is 11.8 Å². The maximum absolute atomic E-state index is 13.7. The molecule has 34 heavy (non-hydrogen) atoms. The third kappa shape index (κ3) is 3.82. The summed E-state index contributed by atoms with van der Waals surface area (Å²) in [6.07, 6.45) is -0.251. The summed E-state index contributed by atoms with van der Waals surface area (Å²) in [5.74, 6) is -0.214. The first kappa shape index (κ1) is 22.1. The molecule has 0 saturated carbocycles. The maximum atomic E-state index is 13.7. The van der Waals surface area contributed by atoms with Gasteiger partial charge >= 0.3 is 6.18 Å². The molecule has 2 atom stereocenters. The molecule has 2 aliphatic carbocycles. The summed E-state index contributed by atoms with van der Waals surface area (Å²) in [4.78, 5) is 24.8. The Balaban J connectivity index is 1.50. The molecule has 0 aliphatic heterocycles. The van der Waals surface area contributed by atoms with Crippen LogP contribution >= 0.6 is 0 Å². The van der Waals surface area contributed by atoms with E-state index in [2.05, 4.69) is 20.3 Å². The van der Waals surface area contributed by atoms with Gasteiger partial charge in [0.25, 0.3) is 0 Å². The molecule has 0 amide bonds. The molecule has 2 aliphatic rings. The van der Waals surface area contributed by atoms with Crippen LogP contribution in [0.3, 0.4) is 0 Å². The molecule has 0 radical (unpaired) electrons. The molecule has 2 unspecified atom stereocenters. The molecule has 5 rings (SSSR count). The molecule has 10 heteroatoms. The molecule has 1 N–H and O–H groups in total. The fourth-order valence-corrected chi connectivity index (χ4v) is 4.36. The summed E-state index contributed by atoms with van der Waals surface area (Å²) >= 11 is 0. The minimum Gasteiger partial charge on any atom is -0.468 e. The van der Waals surface area contributed by atoms with E-state index in [1.54, 1.807) is 13.0 Å². The van der Waals surface area contributed by atoms with E-state index in [4.69, 9.17) is 4.74 Å². The molecular weight excluding hydrogens is 447 g/mol. The first-order valence-electron chi connectivity index (χ1n) is 10.9. The largest absolute Gasteiger partial charge is 0.468 e. The highest BCUT2D eigenvalue weighted by molar-refractivity contribution is 6.00. The number of halogens is 3. The number of rotatable bonds is 4. The van der Waals surface area contributed by atoms with E-state index in [1.807, 2.05) is 42.8 Å². The van der Waals surface area contributed by atoms with Gasteiger partial charge < -0.3 is 14.6 Å². The zero-order chi connectivity index (χ0) is 24.2. The van der Waals surface area contributed by atoms with E-state index in [9.17, 15) is 18.0 Å². The number of hydrogen-bond donors (Lipinski definition) is 1. The lowest BCUT2D eigenvalue weighted by Gasteiger charge is -2.28. The number of nitrogens with one attached hydrogen (secondary N) is 1. The van der Waals surface area contributed by atoms with Crippen molar-refractivity contribution in [3.05, 3.63) is 59.1 Å². The molecule has 176 valence electrons. The summed E-state index contributed by atoms with van der Waals surface area (Å²) < 4.78 is 49.0. The van der Waals surface area contributed by atoms with Gasteiger partial charge in [0.15, 0.2) is 5.78 Å². The Hall–Kier alpha value is -3.69. The predicted molar refractivity (Wildman–Crippen MR) is 120 cm³/mol. The van der Waals surface area contributed by atoms with Crippen LogP contribution in [0.5, 0.6) is 5.88 Å². The molecule has 0 bridgehead atoms. The Morgan fingerprint density at radius 3 is 2.76 bits per heavy atom. The van der Waals surface area contributed by atoms with E-state index in [0.29, 0.717) is 30.3 Å². The predicted octanol–water partition coefficient (Wildman–Crippen LogP) is 5.05. The van der Waals surface area contributed by atoms with E-state index in [0.717, 1.165) is 22.4 Å². The van der Waals surface area contributed by atoms with E-state index in [-0.39, 0.29) is 17.6 Å². The standard InChI is InChI=1S/C24H22F3N5O2/c1-12-4-5-14-6-9-19(33)20(14)21(12)34-22-16(24(25,26)27)11-28-23(31-22)30-15-7-8-17-18(10-15)32(3)13(2)29-17/h4-5,7-8,10-12,21H,6,9H2,1-3H3,(H,28,30,31). The quantitative estimate of drug-likeness (QED) is 0.576. The minimum atomic E-state index is -4.72. The number of imidazole rings is 1. The molecule has 0 saturated heterocycles. The van der Waals surface area contributed by atoms with Crippen LogP contribution in [0.2, 0.25) is 0 Å². The van der Waals surface area contributed by atoms with Crippen molar-refractivity contribution in [1.82, 2.24) is 19.5 Å². The first-order chi connectivity index (χ1) is 16.1. The van der Waals surface area contributed by atoms with E-state index in [1.165, 1.54) is 0 Å². The lowest BCUT2D eigenvalue weighted by atomic mass is 9.89. The average molecular weight is 469 g/mol. The van der Waals surface area contributed by atoms with Gasteiger partial charge in [0, 0.05) is 36.8 Å². The number of alkyl halides is 3. The molecule has 2 aromatic heterocycles. The molecule has 1 aromatic carbocycles. The number of aryl methyl sites for hydroxylation is 2. The third-order valence-corrected chi connectivity index (χ3v) is 6.29. The Labute approximate surface area is 193 Å². The summed E-state index contributed by atoms with van der Waals surface area (Å²) in [5, 5.41) is 2.95. The van der Waals surface area contributed by atoms with E-state index < -0.39 is 23.7 Å². The first-order valence-corrected chi connectivity index (χ1v) is 10.9. The number of fused-ring (bicyclic) bond motifs is 1. The van der Waals surface area contributed by atoms with Crippen molar-refractivity contribution in [2.45, 2.75) is 39.0 Å². The number of anilines is 2. The summed E-state index contributed by atoms with van der Waals surface area (Å²) in [6, 6.07) is 5.37. The topological polar surface area (TPSA) is 81.9 Å². The van der Waals surface area contributed by atoms with Gasteiger partial charge in [0.1, 0.15) is 17.5 Å². The lowest BCUT2D eigenvalue weighted by Crippen LogP contribution is -2.32. The monoisotopic (exact) mass is 469 g/mol. The van der Waals surface area contributed by atoms with Crippen LogP contribution in [0.15, 0.2) is 47.7 Å². The van der Waals surface area contributed by atoms with Gasteiger partial charge in [-0.05, 0) is 37.1 Å². The van der Waals surface area contributed by atoms with E-state index >= 15 is 0 Å². The van der Waals surface area contributed by atoms with Crippen LogP contribution in [0.4, 0.5) is 24.8 Å². The Morgan fingerprint density at radius 2 is 2.00 bits per heavy atom. The number of hydrogen-bond acceptors (Lipinski definition) is 6. The molecule has 0 fully saturated rings. The minimum absolute atomic E-state index is 0.0489. The molecule has 0 spiro atoms. The number of ether oxygens (including phenoxy) is 1. The highest BCUT2D eigenvalue weighted by Crippen LogP contribution is 2.40. The zero-order valence-corrected chi connectivity index (χ0v) is 18.8. The van der Waals surface area contributed by atoms with Crippen molar-refractivity contribution in [3.63, 3.8) is 0 Å². The number of aromatic nitrogens is 4. The van der Waals surface area contributed by atoms with Crippen LogP contribution in [0.1, 0.15) is 31.2 Å². The second kappa shape index (κ2) is 7.96. The summed E-state index contributed by atoms with van der Waals surface area (Å²) in [6.45, 7) is 3.68. The summed E-state index contributed by atoms with van der Waals surface area (Å²) in [5.41, 5.74) is 2.40. The third-order valence-electron chi connectivity index (χ3n) is 6.29. The maximum Gasteiger partial charge on any atom is 0.423 e. The van der Waals surface area contributed by atoms with Gasteiger partial charge in [-0.25, -0.2) is 9.97 Å². The van der Waals surface area contributed by atoms with Crippen molar-refractivity contribution in [1.29, 1.82) is 0 Å².